The van der Waals surface area contributed by atoms with E-state index in [2.05, 4.69) is 17.1 Å². The van der Waals surface area contributed by atoms with Crippen LogP contribution < -0.4 is 5.73 Å². The van der Waals surface area contributed by atoms with Gasteiger partial charge in [0.15, 0.2) is 0 Å². The van der Waals surface area contributed by atoms with Gasteiger partial charge in [-0.3, -0.25) is 9.78 Å². The summed E-state index contributed by atoms with van der Waals surface area (Å²) in [7, 11) is 0. The van der Waals surface area contributed by atoms with Crippen LogP contribution >= 0.6 is 0 Å². The lowest BCUT2D eigenvalue weighted by Crippen LogP contribution is -2.44. The standard InChI is InChI=1S/C27H31FN2O2/c1-16-26-24(23-9-5-17(14-29)11-20(23)13-25(26)27(31)32-16)10-8-22-7-6-19(15-30-22)18-3-2-4-21(28)12-18/h2-4,6-8,10,12,15-17,20,23-26H,5,9,11,13-14,29H2,1H3/b10-8+/t16-,17-,20+,23-,24+,25-,26+/m1/s1. The largest absolute Gasteiger partial charge is 0.462 e. The summed E-state index contributed by atoms with van der Waals surface area (Å²) in [6.07, 6.45) is 10.5. The van der Waals surface area contributed by atoms with Crippen LogP contribution in [0.5, 0.6) is 0 Å². The molecule has 0 spiro atoms. The van der Waals surface area contributed by atoms with Gasteiger partial charge in [-0.25, -0.2) is 4.39 Å². The lowest BCUT2D eigenvalue weighted by Gasteiger charge is -2.47. The molecule has 32 heavy (non-hydrogen) atoms. The molecule has 2 saturated carbocycles. The Hall–Kier alpha value is -2.53. The second-order valence-corrected chi connectivity index (χ2v) is 9.82. The zero-order chi connectivity index (χ0) is 22.2. The van der Waals surface area contributed by atoms with Gasteiger partial charge in [-0.15, -0.1) is 0 Å². The van der Waals surface area contributed by atoms with E-state index >= 15 is 0 Å². The maximum atomic E-state index is 13.5. The number of allylic oxidation sites excluding steroid dienone is 1. The van der Waals surface area contributed by atoms with Crippen molar-refractivity contribution in [2.45, 2.75) is 38.7 Å². The molecule has 7 atom stereocenters. The first-order valence-electron chi connectivity index (χ1n) is 11.8. The molecular formula is C27H31FN2O2. The third kappa shape index (κ3) is 3.99. The molecule has 1 aliphatic heterocycles. The first kappa shape index (κ1) is 21.3. The number of halogens is 1. The van der Waals surface area contributed by atoms with Gasteiger partial charge >= 0.3 is 5.97 Å². The molecule has 2 aliphatic carbocycles. The van der Waals surface area contributed by atoms with Gasteiger partial charge < -0.3 is 10.5 Å². The zero-order valence-corrected chi connectivity index (χ0v) is 18.5. The Bertz CT molecular complexity index is 1000. The van der Waals surface area contributed by atoms with E-state index in [1.165, 1.54) is 18.6 Å². The SMILES string of the molecule is C[C@H]1OC(=O)[C@@H]2C[C@@H]3C[C@H](CN)CC[C@H]3[C@H](/C=C/c3ccc(-c4cccc(F)c4)cn3)[C@H]12. The predicted octanol–water partition coefficient (Wildman–Crippen LogP) is 5.09. The second-order valence-electron chi connectivity index (χ2n) is 9.82. The maximum absolute atomic E-state index is 13.5. The molecule has 3 aliphatic rings. The van der Waals surface area contributed by atoms with Crippen LogP contribution in [0.15, 0.2) is 48.7 Å². The number of nitrogens with zero attached hydrogens (tertiary/aromatic N) is 1. The molecule has 1 aromatic heterocycles. The van der Waals surface area contributed by atoms with E-state index in [4.69, 9.17) is 10.5 Å². The monoisotopic (exact) mass is 434 g/mol. The highest BCUT2D eigenvalue weighted by Crippen LogP contribution is 2.54. The topological polar surface area (TPSA) is 65.2 Å². The molecule has 0 amide bonds. The molecule has 1 aromatic carbocycles. The van der Waals surface area contributed by atoms with E-state index in [1.54, 1.807) is 12.3 Å². The van der Waals surface area contributed by atoms with Crippen LogP contribution in [0.3, 0.4) is 0 Å². The number of cyclic esters (lactones) is 1. The summed E-state index contributed by atoms with van der Waals surface area (Å²) < 4.78 is 19.2. The third-order valence-electron chi connectivity index (χ3n) is 8.02. The summed E-state index contributed by atoms with van der Waals surface area (Å²) in [5, 5.41) is 0. The summed E-state index contributed by atoms with van der Waals surface area (Å²) in [4.78, 5) is 17.1. The summed E-state index contributed by atoms with van der Waals surface area (Å²) in [5.74, 6) is 1.95. The number of fused-ring (bicyclic) bond motifs is 2. The summed E-state index contributed by atoms with van der Waals surface area (Å²) in [5.41, 5.74) is 8.56. The molecule has 2 N–H and O–H groups in total. The number of rotatable bonds is 4. The summed E-state index contributed by atoms with van der Waals surface area (Å²) >= 11 is 0. The average molecular weight is 435 g/mol. The lowest BCUT2D eigenvalue weighted by atomic mass is 9.56. The number of pyridine rings is 1. The van der Waals surface area contributed by atoms with E-state index in [1.807, 2.05) is 25.1 Å². The normalized spacial score (nSPS) is 34.2. The first-order chi connectivity index (χ1) is 15.5. The molecule has 0 bridgehead atoms. The van der Waals surface area contributed by atoms with Crippen LogP contribution in [-0.4, -0.2) is 23.6 Å². The van der Waals surface area contributed by atoms with E-state index in [0.29, 0.717) is 23.7 Å². The molecule has 0 radical (unpaired) electrons. The number of aromatic nitrogens is 1. The van der Waals surface area contributed by atoms with E-state index in [0.717, 1.165) is 42.6 Å². The highest BCUT2D eigenvalue weighted by Gasteiger charge is 2.54. The van der Waals surface area contributed by atoms with Crippen molar-refractivity contribution in [1.29, 1.82) is 0 Å². The van der Waals surface area contributed by atoms with Gasteiger partial charge in [-0.2, -0.15) is 0 Å². The van der Waals surface area contributed by atoms with Crippen molar-refractivity contribution in [3.63, 3.8) is 0 Å². The van der Waals surface area contributed by atoms with Gasteiger partial charge in [0.05, 0.1) is 11.6 Å². The Morgan fingerprint density at radius 2 is 2.06 bits per heavy atom. The smallest absolute Gasteiger partial charge is 0.309 e. The second kappa shape index (κ2) is 8.78. The van der Waals surface area contributed by atoms with Crippen LogP contribution in [0.25, 0.3) is 17.2 Å². The van der Waals surface area contributed by atoms with Crippen LogP contribution in [0.1, 0.15) is 38.3 Å². The van der Waals surface area contributed by atoms with E-state index in [9.17, 15) is 9.18 Å². The number of esters is 1. The minimum atomic E-state index is -0.250. The molecule has 1 saturated heterocycles. The Kier molecular flexibility index (Phi) is 5.85. The fraction of sp³-hybridized carbons (Fsp3) is 0.481. The highest BCUT2D eigenvalue weighted by atomic mass is 19.1. The molecule has 5 heteroatoms. The Labute approximate surface area is 189 Å². The Morgan fingerprint density at radius 3 is 2.81 bits per heavy atom. The number of hydrogen-bond donors (Lipinski definition) is 1. The van der Waals surface area contributed by atoms with Crippen molar-refractivity contribution in [3.05, 3.63) is 60.2 Å². The third-order valence-corrected chi connectivity index (χ3v) is 8.02. The van der Waals surface area contributed by atoms with E-state index < -0.39 is 0 Å². The molecule has 3 fully saturated rings. The van der Waals surface area contributed by atoms with E-state index in [-0.39, 0.29) is 29.7 Å². The van der Waals surface area contributed by atoms with Crippen LogP contribution in [0.4, 0.5) is 4.39 Å². The van der Waals surface area contributed by atoms with Crippen molar-refractivity contribution in [3.8, 4) is 11.1 Å². The maximum Gasteiger partial charge on any atom is 0.309 e. The number of hydrogen-bond acceptors (Lipinski definition) is 4. The number of nitrogens with two attached hydrogens (primary N) is 1. The number of ether oxygens (including phenoxy) is 1. The van der Waals surface area contributed by atoms with Crippen molar-refractivity contribution < 1.29 is 13.9 Å². The average Bonchev–Trinajstić information content (AvgIpc) is 3.09. The minimum absolute atomic E-state index is 0.000682. The van der Waals surface area contributed by atoms with Crippen LogP contribution in [-0.2, 0) is 9.53 Å². The Balaban J connectivity index is 1.38. The van der Waals surface area contributed by atoms with Crippen molar-refractivity contribution in [1.82, 2.24) is 4.98 Å². The first-order valence-corrected chi connectivity index (χ1v) is 11.8. The number of carbonyl (C=O) groups is 1. The summed E-state index contributed by atoms with van der Waals surface area (Å²) in [6, 6.07) is 10.5. The lowest BCUT2D eigenvalue weighted by molar-refractivity contribution is -0.144. The van der Waals surface area contributed by atoms with Gasteiger partial charge in [0.1, 0.15) is 11.9 Å². The predicted molar refractivity (Wildman–Crippen MR) is 123 cm³/mol. The molecule has 2 aromatic rings. The summed E-state index contributed by atoms with van der Waals surface area (Å²) in [6.45, 7) is 2.78. The quantitative estimate of drug-likeness (QED) is 0.681. The van der Waals surface area contributed by atoms with Gasteiger partial charge in [0, 0.05) is 17.7 Å². The van der Waals surface area contributed by atoms with Gasteiger partial charge in [0.2, 0.25) is 0 Å². The van der Waals surface area contributed by atoms with Gasteiger partial charge in [0.25, 0.3) is 0 Å². The molecule has 5 rings (SSSR count). The minimum Gasteiger partial charge on any atom is -0.462 e. The molecular weight excluding hydrogens is 403 g/mol. The highest BCUT2D eigenvalue weighted by molar-refractivity contribution is 5.75. The Morgan fingerprint density at radius 1 is 1.19 bits per heavy atom. The molecule has 2 heterocycles. The van der Waals surface area contributed by atoms with Crippen molar-refractivity contribution in [2.75, 3.05) is 6.54 Å². The van der Waals surface area contributed by atoms with Crippen LogP contribution in [0, 0.1) is 41.3 Å². The van der Waals surface area contributed by atoms with Crippen molar-refractivity contribution in [2.24, 2.45) is 41.2 Å². The van der Waals surface area contributed by atoms with Crippen LogP contribution in [0.2, 0.25) is 0 Å². The van der Waals surface area contributed by atoms with Gasteiger partial charge in [-0.1, -0.05) is 24.3 Å². The molecule has 0 unspecified atom stereocenters. The van der Waals surface area contributed by atoms with Crippen molar-refractivity contribution >= 4 is 12.0 Å². The van der Waals surface area contributed by atoms with Gasteiger partial charge in [-0.05, 0) is 92.7 Å². The zero-order valence-electron chi connectivity index (χ0n) is 18.5. The molecule has 168 valence electrons. The molecule has 4 nitrogen and oxygen atoms in total. The fourth-order valence-electron chi connectivity index (χ4n) is 6.48. The fourth-order valence-corrected chi connectivity index (χ4v) is 6.48. The number of carbonyl (C=O) groups excluding carboxylic acids is 1. The number of benzene rings is 1.